The zero-order valence-corrected chi connectivity index (χ0v) is 12.4. The summed E-state index contributed by atoms with van der Waals surface area (Å²) in [6.07, 6.45) is -0.334. The topological polar surface area (TPSA) is 168 Å². The van der Waals surface area contributed by atoms with E-state index in [-0.39, 0.29) is 31.7 Å². The fourth-order valence-corrected chi connectivity index (χ4v) is 2.30. The molecule has 0 bridgehead atoms. The molecule has 0 spiro atoms. The summed E-state index contributed by atoms with van der Waals surface area (Å²) in [5, 5.41) is 13.2. The largest absolute Gasteiger partial charge is 0.480 e. The SMILES string of the molecule is CCNS(=O)(=O)CCNC(=O)N[C@H](CCC(N)=O)C(=O)O. The molecule has 0 aromatic heterocycles. The maximum Gasteiger partial charge on any atom is 0.326 e. The monoisotopic (exact) mass is 324 g/mol. The highest BCUT2D eigenvalue weighted by atomic mass is 32.2. The highest BCUT2D eigenvalue weighted by Crippen LogP contribution is 1.97. The number of hydrogen-bond donors (Lipinski definition) is 5. The predicted molar refractivity (Wildman–Crippen MR) is 73.9 cm³/mol. The number of hydrogen-bond acceptors (Lipinski definition) is 5. The number of nitrogens with two attached hydrogens (primary N) is 1. The quantitative estimate of drug-likeness (QED) is 0.310. The number of sulfonamides is 1. The Balaban J connectivity index is 4.21. The van der Waals surface area contributed by atoms with Crippen LogP contribution in [0.2, 0.25) is 0 Å². The zero-order chi connectivity index (χ0) is 16.5. The molecule has 0 rings (SSSR count). The Morgan fingerprint density at radius 1 is 1.29 bits per heavy atom. The molecule has 0 aliphatic carbocycles. The summed E-state index contributed by atoms with van der Waals surface area (Å²) < 4.78 is 24.8. The number of carbonyl (C=O) groups excluding carboxylic acids is 2. The highest BCUT2D eigenvalue weighted by molar-refractivity contribution is 7.89. The van der Waals surface area contributed by atoms with Gasteiger partial charge in [0.2, 0.25) is 15.9 Å². The van der Waals surface area contributed by atoms with Gasteiger partial charge in [0.15, 0.2) is 0 Å². The first-order valence-corrected chi connectivity index (χ1v) is 7.86. The van der Waals surface area contributed by atoms with Crippen molar-refractivity contribution in [3.05, 3.63) is 0 Å². The average Bonchev–Trinajstić information content (AvgIpc) is 2.33. The Morgan fingerprint density at radius 2 is 1.90 bits per heavy atom. The smallest absolute Gasteiger partial charge is 0.326 e. The van der Waals surface area contributed by atoms with Gasteiger partial charge in [-0.15, -0.1) is 0 Å². The number of rotatable bonds is 10. The highest BCUT2D eigenvalue weighted by Gasteiger charge is 2.20. The van der Waals surface area contributed by atoms with Crippen molar-refractivity contribution in [2.45, 2.75) is 25.8 Å². The second kappa shape index (κ2) is 9.13. The molecule has 0 aliphatic rings. The van der Waals surface area contributed by atoms with Gasteiger partial charge in [0.05, 0.1) is 5.75 Å². The van der Waals surface area contributed by atoms with E-state index in [1.807, 2.05) is 0 Å². The third-order valence-electron chi connectivity index (χ3n) is 2.30. The van der Waals surface area contributed by atoms with Crippen LogP contribution in [0.4, 0.5) is 4.79 Å². The number of carboxylic acids is 1. The Hall–Kier alpha value is -1.88. The molecule has 11 heteroatoms. The van der Waals surface area contributed by atoms with E-state index >= 15 is 0 Å². The Labute approximate surface area is 122 Å². The molecule has 1 atom stereocenters. The number of carbonyl (C=O) groups is 3. The fourth-order valence-electron chi connectivity index (χ4n) is 1.34. The lowest BCUT2D eigenvalue weighted by atomic mass is 10.1. The van der Waals surface area contributed by atoms with E-state index in [2.05, 4.69) is 15.4 Å². The van der Waals surface area contributed by atoms with Crippen LogP contribution in [0.25, 0.3) is 0 Å². The minimum absolute atomic E-state index is 0.145. The third kappa shape index (κ3) is 9.62. The summed E-state index contributed by atoms with van der Waals surface area (Å²) in [5.41, 5.74) is 4.89. The number of aliphatic carboxylic acids is 1. The summed E-state index contributed by atoms with van der Waals surface area (Å²) in [6.45, 7) is 1.68. The van der Waals surface area contributed by atoms with Crippen molar-refractivity contribution >= 4 is 27.9 Å². The van der Waals surface area contributed by atoms with Crippen LogP contribution >= 0.6 is 0 Å². The number of urea groups is 1. The molecule has 122 valence electrons. The van der Waals surface area contributed by atoms with Crippen molar-refractivity contribution in [3.8, 4) is 0 Å². The molecule has 0 aromatic rings. The van der Waals surface area contributed by atoms with Crippen LogP contribution in [0, 0.1) is 0 Å². The molecule has 0 fully saturated rings. The molecule has 0 aliphatic heterocycles. The van der Waals surface area contributed by atoms with E-state index in [9.17, 15) is 22.8 Å². The zero-order valence-electron chi connectivity index (χ0n) is 11.6. The molecule has 6 N–H and O–H groups in total. The first-order valence-electron chi connectivity index (χ1n) is 6.20. The lowest BCUT2D eigenvalue weighted by Crippen LogP contribution is -2.47. The summed E-state index contributed by atoms with van der Waals surface area (Å²) >= 11 is 0. The van der Waals surface area contributed by atoms with Crippen molar-refractivity contribution in [2.24, 2.45) is 5.73 Å². The van der Waals surface area contributed by atoms with E-state index in [4.69, 9.17) is 10.8 Å². The van der Waals surface area contributed by atoms with Crippen LogP contribution in [0.1, 0.15) is 19.8 Å². The normalized spacial score (nSPS) is 12.4. The van der Waals surface area contributed by atoms with Crippen LogP contribution in [0.3, 0.4) is 0 Å². The Morgan fingerprint density at radius 3 is 2.38 bits per heavy atom. The number of amides is 3. The van der Waals surface area contributed by atoms with Crippen LogP contribution in [-0.4, -0.2) is 56.3 Å². The second-order valence-corrected chi connectivity index (χ2v) is 6.04. The van der Waals surface area contributed by atoms with Gasteiger partial charge in [-0.3, -0.25) is 4.79 Å². The van der Waals surface area contributed by atoms with Gasteiger partial charge in [-0.25, -0.2) is 22.7 Å². The minimum atomic E-state index is -3.46. The average molecular weight is 324 g/mol. The first kappa shape index (κ1) is 19.1. The van der Waals surface area contributed by atoms with Crippen LogP contribution in [-0.2, 0) is 19.6 Å². The maximum atomic E-state index is 11.4. The van der Waals surface area contributed by atoms with Crippen molar-refractivity contribution in [2.75, 3.05) is 18.8 Å². The number of nitrogens with one attached hydrogen (secondary N) is 3. The Kier molecular flexibility index (Phi) is 8.31. The predicted octanol–water partition coefficient (Wildman–Crippen LogP) is -2.06. The van der Waals surface area contributed by atoms with E-state index < -0.39 is 34.0 Å². The number of carboxylic acid groups (broad SMARTS) is 1. The molecule has 3 amide bonds. The molecular weight excluding hydrogens is 304 g/mol. The molecule has 0 saturated carbocycles. The molecule has 21 heavy (non-hydrogen) atoms. The van der Waals surface area contributed by atoms with Gasteiger partial charge in [-0.1, -0.05) is 6.92 Å². The van der Waals surface area contributed by atoms with Gasteiger partial charge in [-0.2, -0.15) is 0 Å². The van der Waals surface area contributed by atoms with E-state index in [0.29, 0.717) is 0 Å². The molecule has 10 nitrogen and oxygen atoms in total. The van der Waals surface area contributed by atoms with Gasteiger partial charge in [0.1, 0.15) is 6.04 Å². The van der Waals surface area contributed by atoms with Gasteiger partial charge in [0.25, 0.3) is 0 Å². The van der Waals surface area contributed by atoms with Gasteiger partial charge < -0.3 is 21.5 Å². The van der Waals surface area contributed by atoms with Crippen molar-refractivity contribution in [1.29, 1.82) is 0 Å². The molecule has 0 saturated heterocycles. The summed E-state index contributed by atoms with van der Waals surface area (Å²) in [7, 11) is -3.46. The van der Waals surface area contributed by atoms with Crippen molar-refractivity contribution in [3.63, 3.8) is 0 Å². The van der Waals surface area contributed by atoms with Gasteiger partial charge in [-0.05, 0) is 6.42 Å². The van der Waals surface area contributed by atoms with E-state index in [1.54, 1.807) is 6.92 Å². The van der Waals surface area contributed by atoms with Crippen LogP contribution in [0.5, 0.6) is 0 Å². The lowest BCUT2D eigenvalue weighted by Gasteiger charge is -2.14. The standard InChI is InChI=1S/C10H20N4O6S/c1-2-13-21(19,20)6-5-12-10(18)14-7(9(16)17)3-4-8(11)15/h7,13H,2-6H2,1H3,(H2,11,15)(H,16,17)(H2,12,14,18)/t7-/m1/s1. The summed E-state index contributed by atoms with van der Waals surface area (Å²) in [6, 6.07) is -2.11. The van der Waals surface area contributed by atoms with Gasteiger partial charge >= 0.3 is 12.0 Å². The van der Waals surface area contributed by atoms with Gasteiger partial charge in [0, 0.05) is 19.5 Å². The van der Waals surface area contributed by atoms with E-state index in [1.165, 1.54) is 0 Å². The van der Waals surface area contributed by atoms with Crippen LogP contribution < -0.4 is 21.1 Å². The molecule has 0 aromatic carbocycles. The summed E-state index contributed by atoms with van der Waals surface area (Å²) in [5.74, 6) is -2.32. The van der Waals surface area contributed by atoms with E-state index in [0.717, 1.165) is 0 Å². The molecule has 0 unspecified atom stereocenters. The van der Waals surface area contributed by atoms with Crippen molar-refractivity contribution in [1.82, 2.24) is 15.4 Å². The second-order valence-electron chi connectivity index (χ2n) is 4.11. The van der Waals surface area contributed by atoms with Crippen LogP contribution in [0.15, 0.2) is 0 Å². The molecular formula is C10H20N4O6S. The number of primary amides is 1. The molecule has 0 radical (unpaired) electrons. The maximum absolute atomic E-state index is 11.4. The summed E-state index contributed by atoms with van der Waals surface area (Å²) in [4.78, 5) is 32.9. The third-order valence-corrected chi connectivity index (χ3v) is 3.77. The fraction of sp³-hybridized carbons (Fsp3) is 0.700. The Bertz CT molecular complexity index is 478. The van der Waals surface area contributed by atoms with Crippen molar-refractivity contribution < 1.29 is 27.9 Å². The lowest BCUT2D eigenvalue weighted by molar-refractivity contribution is -0.139. The first-order chi connectivity index (χ1) is 9.68. The molecule has 0 heterocycles. The minimum Gasteiger partial charge on any atom is -0.480 e.